The lowest BCUT2D eigenvalue weighted by atomic mass is 10.1. The van der Waals surface area contributed by atoms with E-state index in [4.69, 9.17) is 10.5 Å². The quantitative estimate of drug-likeness (QED) is 0.763. The Kier molecular flexibility index (Phi) is 4.69. The molecule has 0 saturated carbocycles. The summed E-state index contributed by atoms with van der Waals surface area (Å²) < 4.78 is 18.6. The van der Waals surface area contributed by atoms with Gasteiger partial charge in [-0.2, -0.15) is 0 Å². The summed E-state index contributed by atoms with van der Waals surface area (Å²) in [5, 5.41) is 0. The number of nitrogens with zero attached hydrogens (tertiary/aromatic N) is 5. The van der Waals surface area contributed by atoms with Crippen LogP contribution >= 0.6 is 0 Å². The summed E-state index contributed by atoms with van der Waals surface area (Å²) in [6, 6.07) is 6.32. The maximum absolute atomic E-state index is 13.2. The van der Waals surface area contributed by atoms with Gasteiger partial charge in [0.15, 0.2) is 5.82 Å². The molecule has 0 radical (unpaired) electrons. The third-order valence-corrected chi connectivity index (χ3v) is 3.66. The number of anilines is 3. The predicted octanol–water partition coefficient (Wildman–Crippen LogP) is 2.90. The molecule has 7 nitrogen and oxygen atoms in total. The minimum absolute atomic E-state index is 0.282. The van der Waals surface area contributed by atoms with Gasteiger partial charge < -0.3 is 15.4 Å². The van der Waals surface area contributed by atoms with E-state index in [-0.39, 0.29) is 11.9 Å². The van der Waals surface area contributed by atoms with E-state index in [0.29, 0.717) is 23.1 Å². The Hall–Kier alpha value is -3.29. The Labute approximate surface area is 144 Å². The highest BCUT2D eigenvalue weighted by Gasteiger charge is 2.24. The molecule has 1 atom stereocenters. The fourth-order valence-electron chi connectivity index (χ4n) is 2.51. The van der Waals surface area contributed by atoms with Crippen molar-refractivity contribution in [1.29, 1.82) is 0 Å². The van der Waals surface area contributed by atoms with Crippen LogP contribution in [0.2, 0.25) is 0 Å². The van der Waals surface area contributed by atoms with Crippen LogP contribution in [0.25, 0.3) is 0 Å². The zero-order valence-corrected chi connectivity index (χ0v) is 13.8. The largest absolute Gasteiger partial charge is 0.480 e. The second-order valence-electron chi connectivity index (χ2n) is 5.28. The highest BCUT2D eigenvalue weighted by atomic mass is 19.1. The lowest BCUT2D eigenvalue weighted by molar-refractivity contribution is 0.397. The van der Waals surface area contributed by atoms with Gasteiger partial charge in [-0.15, -0.1) is 0 Å². The molecule has 0 spiro atoms. The van der Waals surface area contributed by atoms with E-state index >= 15 is 0 Å². The summed E-state index contributed by atoms with van der Waals surface area (Å²) in [6.07, 6.45) is 5.85. The molecule has 0 amide bonds. The summed E-state index contributed by atoms with van der Waals surface area (Å²) in [6.45, 7) is 1.91. The van der Waals surface area contributed by atoms with Crippen LogP contribution < -0.4 is 15.4 Å². The van der Waals surface area contributed by atoms with Crippen molar-refractivity contribution >= 4 is 17.3 Å². The summed E-state index contributed by atoms with van der Waals surface area (Å²) in [4.78, 5) is 18.7. The molecule has 25 heavy (non-hydrogen) atoms. The first-order chi connectivity index (χ1) is 12.1. The van der Waals surface area contributed by atoms with Gasteiger partial charge >= 0.3 is 0 Å². The zero-order chi connectivity index (χ0) is 17.8. The SMILES string of the molecule is COc1ncccc1N(c1cncc(N)n1)[C@@H](C)c1ccc(F)cn1. The van der Waals surface area contributed by atoms with Gasteiger partial charge in [-0.1, -0.05) is 0 Å². The Morgan fingerprint density at radius 1 is 1.16 bits per heavy atom. The average Bonchev–Trinajstić information content (AvgIpc) is 2.63. The summed E-state index contributed by atoms with van der Waals surface area (Å²) in [5.41, 5.74) is 7.11. The molecule has 3 aromatic rings. The Morgan fingerprint density at radius 2 is 2.00 bits per heavy atom. The van der Waals surface area contributed by atoms with Crippen LogP contribution in [0.5, 0.6) is 5.88 Å². The normalized spacial score (nSPS) is 11.8. The van der Waals surface area contributed by atoms with Gasteiger partial charge in [0.2, 0.25) is 5.88 Å². The molecule has 2 N–H and O–H groups in total. The fraction of sp³-hybridized carbons (Fsp3) is 0.176. The van der Waals surface area contributed by atoms with Gasteiger partial charge in [0.25, 0.3) is 0 Å². The van der Waals surface area contributed by atoms with Gasteiger partial charge in [-0.25, -0.2) is 14.4 Å². The first-order valence-electron chi connectivity index (χ1n) is 7.57. The van der Waals surface area contributed by atoms with Crippen LogP contribution in [-0.2, 0) is 0 Å². The molecular formula is C17H17FN6O. The number of halogens is 1. The summed E-state index contributed by atoms with van der Waals surface area (Å²) in [7, 11) is 1.54. The van der Waals surface area contributed by atoms with Crippen molar-refractivity contribution < 1.29 is 9.13 Å². The van der Waals surface area contributed by atoms with Gasteiger partial charge in [-0.05, 0) is 31.2 Å². The number of pyridine rings is 2. The molecule has 0 aliphatic rings. The van der Waals surface area contributed by atoms with Crippen LogP contribution in [0.1, 0.15) is 18.7 Å². The van der Waals surface area contributed by atoms with Gasteiger partial charge in [-0.3, -0.25) is 9.97 Å². The molecule has 128 valence electrons. The molecule has 0 aromatic carbocycles. The van der Waals surface area contributed by atoms with E-state index in [1.807, 2.05) is 17.9 Å². The topological polar surface area (TPSA) is 90.0 Å². The highest BCUT2D eigenvalue weighted by molar-refractivity contribution is 5.66. The van der Waals surface area contributed by atoms with E-state index in [0.717, 1.165) is 0 Å². The Balaban J connectivity index is 2.13. The molecule has 3 rings (SSSR count). The van der Waals surface area contributed by atoms with Crippen LogP contribution in [0.3, 0.4) is 0 Å². The lowest BCUT2D eigenvalue weighted by Gasteiger charge is -2.30. The minimum Gasteiger partial charge on any atom is -0.480 e. The molecule has 3 aromatic heterocycles. The average molecular weight is 340 g/mol. The summed E-state index contributed by atoms with van der Waals surface area (Å²) in [5.74, 6) is 0.806. The van der Waals surface area contributed by atoms with Gasteiger partial charge in [0.1, 0.15) is 17.3 Å². The second kappa shape index (κ2) is 7.08. The van der Waals surface area contributed by atoms with Crippen molar-refractivity contribution in [2.75, 3.05) is 17.7 Å². The van der Waals surface area contributed by atoms with E-state index in [1.54, 1.807) is 24.5 Å². The number of rotatable bonds is 5. The number of methoxy groups -OCH3 is 1. The van der Waals surface area contributed by atoms with Crippen LogP contribution in [0.15, 0.2) is 49.1 Å². The first-order valence-corrected chi connectivity index (χ1v) is 7.57. The highest BCUT2D eigenvalue weighted by Crippen LogP contribution is 2.37. The van der Waals surface area contributed by atoms with Crippen LogP contribution in [0, 0.1) is 5.82 Å². The second-order valence-corrected chi connectivity index (χ2v) is 5.28. The maximum atomic E-state index is 13.2. The molecule has 0 aliphatic carbocycles. The zero-order valence-electron chi connectivity index (χ0n) is 13.8. The van der Waals surface area contributed by atoms with Gasteiger partial charge in [0, 0.05) is 6.20 Å². The van der Waals surface area contributed by atoms with E-state index in [9.17, 15) is 4.39 Å². The van der Waals surface area contributed by atoms with Gasteiger partial charge in [0.05, 0.1) is 37.4 Å². The first kappa shape index (κ1) is 16.6. The third-order valence-electron chi connectivity index (χ3n) is 3.66. The van der Waals surface area contributed by atoms with Crippen molar-refractivity contribution in [2.24, 2.45) is 0 Å². The Bertz CT molecular complexity index is 858. The Morgan fingerprint density at radius 3 is 2.68 bits per heavy atom. The maximum Gasteiger partial charge on any atom is 0.237 e. The third kappa shape index (κ3) is 3.47. The monoisotopic (exact) mass is 340 g/mol. The number of hydrogen-bond donors (Lipinski definition) is 1. The molecular weight excluding hydrogens is 323 g/mol. The fourth-order valence-corrected chi connectivity index (χ4v) is 2.51. The van der Waals surface area contributed by atoms with Crippen molar-refractivity contribution in [2.45, 2.75) is 13.0 Å². The van der Waals surface area contributed by atoms with Crippen LogP contribution in [-0.4, -0.2) is 27.0 Å². The molecule has 0 fully saturated rings. The van der Waals surface area contributed by atoms with Crippen molar-refractivity contribution in [3.63, 3.8) is 0 Å². The smallest absolute Gasteiger partial charge is 0.237 e. The minimum atomic E-state index is -0.398. The predicted molar refractivity (Wildman–Crippen MR) is 92.0 cm³/mol. The molecule has 8 heteroatoms. The number of ether oxygens (including phenoxy) is 1. The number of hydrogen-bond acceptors (Lipinski definition) is 7. The number of aromatic nitrogens is 4. The van der Waals surface area contributed by atoms with E-state index < -0.39 is 5.82 Å². The van der Waals surface area contributed by atoms with E-state index in [1.165, 1.54) is 25.6 Å². The van der Waals surface area contributed by atoms with E-state index in [2.05, 4.69) is 19.9 Å². The van der Waals surface area contributed by atoms with Crippen molar-refractivity contribution in [3.05, 3.63) is 60.6 Å². The molecule has 0 unspecified atom stereocenters. The summed E-state index contributed by atoms with van der Waals surface area (Å²) >= 11 is 0. The standard InChI is InChI=1S/C17H17FN6O/c1-11(13-6-5-12(18)8-22-13)24(16-10-20-9-15(19)23-16)14-4-3-7-21-17(14)25-2/h3-11H,1-2H3,(H2,19,23)/t11-/m0/s1. The molecule has 0 saturated heterocycles. The van der Waals surface area contributed by atoms with Crippen molar-refractivity contribution in [3.8, 4) is 5.88 Å². The van der Waals surface area contributed by atoms with Crippen molar-refractivity contribution in [1.82, 2.24) is 19.9 Å². The molecule has 3 heterocycles. The molecule has 0 aliphatic heterocycles. The molecule has 0 bridgehead atoms. The number of nitrogens with two attached hydrogens (primary N) is 1. The lowest BCUT2D eigenvalue weighted by Crippen LogP contribution is -2.24. The van der Waals surface area contributed by atoms with Crippen LogP contribution in [0.4, 0.5) is 21.7 Å². The number of nitrogen functional groups attached to an aromatic ring is 1.